The number of carbonyl (C=O) groups is 1. The van der Waals surface area contributed by atoms with E-state index >= 15 is 0 Å². The highest BCUT2D eigenvalue weighted by Crippen LogP contribution is 2.34. The molecule has 0 saturated carbocycles. The number of aromatic nitrogens is 3. The Bertz CT molecular complexity index is 761. The van der Waals surface area contributed by atoms with Crippen molar-refractivity contribution in [3.63, 3.8) is 0 Å². The first-order valence-electron chi connectivity index (χ1n) is 8.84. The number of nitrogens with two attached hydrogens (primary N) is 1. The molecule has 1 saturated heterocycles. The van der Waals surface area contributed by atoms with Crippen LogP contribution in [0.5, 0.6) is 11.5 Å². The number of hydrogen-bond donors (Lipinski definition) is 2. The average molecular weight is 359 g/mol. The first-order chi connectivity index (χ1) is 12.6. The summed E-state index contributed by atoms with van der Waals surface area (Å²) in [6.07, 6.45) is 2.48. The molecule has 0 spiro atoms. The van der Waals surface area contributed by atoms with E-state index in [4.69, 9.17) is 15.2 Å². The molecule has 1 aliphatic heterocycles. The van der Waals surface area contributed by atoms with E-state index in [0.29, 0.717) is 42.6 Å². The Hall–Kier alpha value is -2.61. The third kappa shape index (κ3) is 3.80. The third-order valence-electron chi connectivity index (χ3n) is 4.45. The highest BCUT2D eigenvalue weighted by atomic mass is 16.5. The van der Waals surface area contributed by atoms with Crippen LogP contribution >= 0.6 is 0 Å². The van der Waals surface area contributed by atoms with Crippen LogP contribution in [0.3, 0.4) is 0 Å². The third-order valence-corrected chi connectivity index (χ3v) is 4.45. The fraction of sp³-hybridized carbons (Fsp3) is 0.500. The molecule has 1 aliphatic rings. The summed E-state index contributed by atoms with van der Waals surface area (Å²) in [6, 6.07) is 5.15. The van der Waals surface area contributed by atoms with Gasteiger partial charge in [-0.2, -0.15) is 5.10 Å². The standard InChI is InChI=1S/C18H25N5O3/c1-12-20-17(22-21-12)15-5-3-9-23(15)18(24)14-11-13(25-2)6-7-16(14)26-10-4-8-19/h6-7,11,15H,3-5,8-10,19H2,1-2H3,(H,20,21,22). The lowest BCUT2D eigenvalue weighted by Crippen LogP contribution is -2.31. The number of methoxy groups -OCH3 is 1. The maximum atomic E-state index is 13.3. The van der Waals surface area contributed by atoms with Gasteiger partial charge in [0.15, 0.2) is 5.82 Å². The molecule has 1 aromatic carbocycles. The summed E-state index contributed by atoms with van der Waals surface area (Å²) in [7, 11) is 1.58. The van der Waals surface area contributed by atoms with Gasteiger partial charge in [-0.05, 0) is 50.9 Å². The van der Waals surface area contributed by atoms with E-state index < -0.39 is 0 Å². The Balaban J connectivity index is 1.87. The normalized spacial score (nSPS) is 16.7. The van der Waals surface area contributed by atoms with Crippen LogP contribution in [-0.2, 0) is 0 Å². The van der Waals surface area contributed by atoms with Gasteiger partial charge in [0.25, 0.3) is 5.91 Å². The van der Waals surface area contributed by atoms with Crippen molar-refractivity contribution in [1.82, 2.24) is 20.1 Å². The minimum absolute atomic E-state index is 0.100. The Morgan fingerprint density at radius 2 is 2.31 bits per heavy atom. The number of amides is 1. The second kappa shape index (κ2) is 8.18. The number of rotatable bonds is 7. The van der Waals surface area contributed by atoms with Gasteiger partial charge in [0.1, 0.15) is 17.3 Å². The van der Waals surface area contributed by atoms with Crippen molar-refractivity contribution in [3.8, 4) is 11.5 Å². The van der Waals surface area contributed by atoms with Crippen molar-refractivity contribution < 1.29 is 14.3 Å². The quantitative estimate of drug-likeness (QED) is 0.731. The van der Waals surface area contributed by atoms with Gasteiger partial charge in [-0.3, -0.25) is 9.89 Å². The molecule has 0 radical (unpaired) electrons. The Labute approximate surface area is 152 Å². The van der Waals surface area contributed by atoms with Gasteiger partial charge in [0.05, 0.1) is 25.3 Å². The molecule has 1 fully saturated rings. The number of ether oxygens (including phenoxy) is 2. The summed E-state index contributed by atoms with van der Waals surface area (Å²) in [5, 5.41) is 7.09. The Kier molecular flexibility index (Phi) is 5.72. The van der Waals surface area contributed by atoms with Crippen molar-refractivity contribution in [3.05, 3.63) is 35.4 Å². The molecule has 1 unspecified atom stereocenters. The summed E-state index contributed by atoms with van der Waals surface area (Å²) in [6.45, 7) is 3.52. The van der Waals surface area contributed by atoms with Crippen LogP contribution in [0.4, 0.5) is 0 Å². The number of benzene rings is 1. The molecule has 8 heteroatoms. The molecular weight excluding hydrogens is 334 g/mol. The molecule has 3 N–H and O–H groups in total. The molecule has 0 bridgehead atoms. The smallest absolute Gasteiger partial charge is 0.258 e. The van der Waals surface area contributed by atoms with Crippen LogP contribution in [0.25, 0.3) is 0 Å². The number of nitrogens with zero attached hydrogens (tertiary/aromatic N) is 3. The number of aromatic amines is 1. The first kappa shape index (κ1) is 18.2. The van der Waals surface area contributed by atoms with Crippen LogP contribution in [0.1, 0.15) is 47.3 Å². The van der Waals surface area contributed by atoms with Crippen LogP contribution < -0.4 is 15.2 Å². The fourth-order valence-corrected chi connectivity index (χ4v) is 3.14. The lowest BCUT2D eigenvalue weighted by atomic mass is 10.1. The maximum Gasteiger partial charge on any atom is 0.258 e. The van der Waals surface area contributed by atoms with E-state index in [1.807, 2.05) is 11.8 Å². The number of likely N-dealkylation sites (tertiary alicyclic amines) is 1. The zero-order valence-corrected chi connectivity index (χ0v) is 15.2. The van der Waals surface area contributed by atoms with Crippen molar-refractivity contribution >= 4 is 5.91 Å². The molecule has 1 amide bonds. The highest BCUT2D eigenvalue weighted by Gasteiger charge is 2.34. The molecule has 2 aromatic rings. The molecule has 1 atom stereocenters. The van der Waals surface area contributed by atoms with Crippen molar-refractivity contribution in [2.24, 2.45) is 5.73 Å². The number of H-pyrrole nitrogens is 1. The van der Waals surface area contributed by atoms with Crippen molar-refractivity contribution in [1.29, 1.82) is 0 Å². The maximum absolute atomic E-state index is 13.3. The zero-order chi connectivity index (χ0) is 18.5. The predicted octanol–water partition coefficient (Wildman–Crippen LogP) is 1.83. The SMILES string of the molecule is COc1ccc(OCCCN)c(C(=O)N2CCCC2c2n[nH]c(C)n2)c1. The molecule has 1 aromatic heterocycles. The Morgan fingerprint density at radius 1 is 1.46 bits per heavy atom. The summed E-state index contributed by atoms with van der Waals surface area (Å²) in [5.74, 6) is 2.45. The molecule has 3 rings (SSSR count). The minimum Gasteiger partial charge on any atom is -0.497 e. The molecule has 0 aliphatic carbocycles. The number of hydrogen-bond acceptors (Lipinski definition) is 6. The lowest BCUT2D eigenvalue weighted by molar-refractivity contribution is 0.0725. The van der Waals surface area contributed by atoms with Crippen LogP contribution in [-0.4, -0.2) is 52.8 Å². The van der Waals surface area contributed by atoms with Gasteiger partial charge in [0, 0.05) is 6.54 Å². The number of nitrogens with one attached hydrogen (secondary N) is 1. The summed E-state index contributed by atoms with van der Waals surface area (Å²) in [5.41, 5.74) is 6.01. The van der Waals surface area contributed by atoms with Crippen molar-refractivity contribution in [2.75, 3.05) is 26.8 Å². The number of aryl methyl sites for hydroxylation is 1. The lowest BCUT2D eigenvalue weighted by Gasteiger charge is -2.24. The van der Waals surface area contributed by atoms with Crippen LogP contribution in [0, 0.1) is 6.92 Å². The fourth-order valence-electron chi connectivity index (χ4n) is 3.14. The second-order valence-corrected chi connectivity index (χ2v) is 6.29. The van der Waals surface area contributed by atoms with Gasteiger partial charge in [-0.25, -0.2) is 4.98 Å². The largest absolute Gasteiger partial charge is 0.497 e. The molecule has 26 heavy (non-hydrogen) atoms. The Morgan fingerprint density at radius 3 is 3.00 bits per heavy atom. The first-order valence-corrected chi connectivity index (χ1v) is 8.84. The zero-order valence-electron chi connectivity index (χ0n) is 15.2. The van der Waals surface area contributed by atoms with Gasteiger partial charge in [-0.1, -0.05) is 0 Å². The van der Waals surface area contributed by atoms with E-state index in [-0.39, 0.29) is 11.9 Å². The van der Waals surface area contributed by atoms with Gasteiger partial charge < -0.3 is 20.1 Å². The van der Waals surface area contributed by atoms with E-state index in [1.54, 1.807) is 25.3 Å². The van der Waals surface area contributed by atoms with Gasteiger partial charge in [-0.15, -0.1) is 0 Å². The van der Waals surface area contributed by atoms with Crippen LogP contribution in [0.2, 0.25) is 0 Å². The number of carbonyl (C=O) groups excluding carboxylic acids is 1. The van der Waals surface area contributed by atoms with E-state index in [9.17, 15) is 4.79 Å². The van der Waals surface area contributed by atoms with Gasteiger partial charge >= 0.3 is 0 Å². The minimum atomic E-state index is -0.129. The monoisotopic (exact) mass is 359 g/mol. The summed E-state index contributed by atoms with van der Waals surface area (Å²) >= 11 is 0. The van der Waals surface area contributed by atoms with Gasteiger partial charge in [0.2, 0.25) is 0 Å². The van der Waals surface area contributed by atoms with E-state index in [0.717, 1.165) is 25.1 Å². The van der Waals surface area contributed by atoms with Crippen LogP contribution in [0.15, 0.2) is 18.2 Å². The summed E-state index contributed by atoms with van der Waals surface area (Å²) in [4.78, 5) is 19.5. The molecule has 140 valence electrons. The second-order valence-electron chi connectivity index (χ2n) is 6.29. The molecular formula is C18H25N5O3. The summed E-state index contributed by atoms with van der Waals surface area (Å²) < 4.78 is 11.1. The molecule has 2 heterocycles. The molecule has 8 nitrogen and oxygen atoms in total. The van der Waals surface area contributed by atoms with E-state index in [1.165, 1.54) is 0 Å². The predicted molar refractivity (Wildman–Crippen MR) is 96.3 cm³/mol. The van der Waals surface area contributed by atoms with Crippen molar-refractivity contribution in [2.45, 2.75) is 32.2 Å². The highest BCUT2D eigenvalue weighted by molar-refractivity contribution is 5.97. The average Bonchev–Trinajstić information content (AvgIpc) is 3.30. The topological polar surface area (TPSA) is 106 Å². The van der Waals surface area contributed by atoms with E-state index in [2.05, 4.69) is 15.2 Å².